The van der Waals surface area contributed by atoms with Crippen molar-refractivity contribution in [2.75, 3.05) is 7.11 Å². The van der Waals surface area contributed by atoms with Crippen LogP contribution in [0, 0.1) is 12.3 Å². The molecule has 66 valence electrons. The molecule has 0 fully saturated rings. The average molecular weight is 176 g/mol. The first-order valence-electron chi connectivity index (χ1n) is 3.57. The maximum atomic E-state index is 10.6. The van der Waals surface area contributed by atoms with E-state index in [1.165, 1.54) is 19.2 Å². The molecule has 3 nitrogen and oxygen atoms in total. The predicted octanol–water partition coefficient (Wildman–Crippen LogP) is 1.37. The second-order valence-electron chi connectivity index (χ2n) is 2.36. The summed E-state index contributed by atoms with van der Waals surface area (Å²) >= 11 is 0. The van der Waals surface area contributed by atoms with Gasteiger partial charge in [0, 0.05) is 5.56 Å². The van der Waals surface area contributed by atoms with E-state index in [2.05, 4.69) is 5.92 Å². The Bertz CT molecular complexity index is 374. The third-order valence-electron chi connectivity index (χ3n) is 1.60. The van der Waals surface area contributed by atoms with Gasteiger partial charge in [0.25, 0.3) is 0 Å². The minimum atomic E-state index is -1.03. The van der Waals surface area contributed by atoms with Gasteiger partial charge in [-0.2, -0.15) is 0 Å². The number of rotatable bonds is 2. The number of terminal acetylenes is 1. The Labute approximate surface area is 76.0 Å². The molecular weight excluding hydrogens is 168 g/mol. The SMILES string of the molecule is C#Cc1ccc(C(=O)O)c(OC)c1. The fraction of sp³-hybridized carbons (Fsp3) is 0.100. The Morgan fingerprint density at radius 3 is 2.77 bits per heavy atom. The lowest BCUT2D eigenvalue weighted by atomic mass is 10.1. The maximum absolute atomic E-state index is 10.6. The second kappa shape index (κ2) is 3.63. The van der Waals surface area contributed by atoms with Crippen LogP contribution in [0.2, 0.25) is 0 Å². The Morgan fingerprint density at radius 2 is 2.31 bits per heavy atom. The molecule has 1 N–H and O–H groups in total. The standard InChI is InChI=1S/C10H8O3/c1-3-7-4-5-8(10(11)12)9(6-7)13-2/h1,4-6H,2H3,(H,11,12). The van der Waals surface area contributed by atoms with Crippen molar-refractivity contribution in [2.24, 2.45) is 0 Å². The number of aromatic carboxylic acids is 1. The summed E-state index contributed by atoms with van der Waals surface area (Å²) in [7, 11) is 1.40. The molecule has 0 unspecified atom stereocenters. The molecule has 1 aromatic carbocycles. The minimum absolute atomic E-state index is 0.113. The first-order valence-corrected chi connectivity index (χ1v) is 3.57. The Hall–Kier alpha value is -1.95. The van der Waals surface area contributed by atoms with Gasteiger partial charge in [-0.1, -0.05) is 5.92 Å². The zero-order chi connectivity index (χ0) is 9.84. The van der Waals surface area contributed by atoms with E-state index in [0.717, 1.165) is 0 Å². The molecule has 0 spiro atoms. The van der Waals surface area contributed by atoms with Gasteiger partial charge in [-0.3, -0.25) is 0 Å². The van der Waals surface area contributed by atoms with Crippen molar-refractivity contribution in [3.8, 4) is 18.1 Å². The van der Waals surface area contributed by atoms with Crippen LogP contribution in [0.15, 0.2) is 18.2 Å². The lowest BCUT2D eigenvalue weighted by Gasteiger charge is -2.04. The molecule has 13 heavy (non-hydrogen) atoms. The summed E-state index contributed by atoms with van der Waals surface area (Å²) in [6.45, 7) is 0. The first-order chi connectivity index (χ1) is 6.19. The van der Waals surface area contributed by atoms with Crippen molar-refractivity contribution >= 4 is 5.97 Å². The average Bonchev–Trinajstić information content (AvgIpc) is 2.16. The van der Waals surface area contributed by atoms with Crippen molar-refractivity contribution in [1.82, 2.24) is 0 Å². The molecule has 0 amide bonds. The normalized spacial score (nSPS) is 8.92. The summed E-state index contributed by atoms with van der Waals surface area (Å²) in [5, 5.41) is 8.73. The van der Waals surface area contributed by atoms with Crippen LogP contribution < -0.4 is 4.74 Å². The number of hydrogen-bond acceptors (Lipinski definition) is 2. The molecule has 3 heteroatoms. The quantitative estimate of drug-likeness (QED) is 0.692. The van der Waals surface area contributed by atoms with Crippen molar-refractivity contribution < 1.29 is 14.6 Å². The number of ether oxygens (including phenoxy) is 1. The fourth-order valence-electron chi connectivity index (χ4n) is 0.958. The van der Waals surface area contributed by atoms with Crippen molar-refractivity contribution in [1.29, 1.82) is 0 Å². The molecule has 1 aromatic rings. The molecule has 1 rings (SSSR count). The molecule has 0 radical (unpaired) electrons. The van der Waals surface area contributed by atoms with Crippen LogP contribution in [0.3, 0.4) is 0 Å². The van der Waals surface area contributed by atoms with E-state index in [1.807, 2.05) is 0 Å². The zero-order valence-electron chi connectivity index (χ0n) is 7.07. The highest BCUT2D eigenvalue weighted by Crippen LogP contribution is 2.19. The van der Waals surface area contributed by atoms with Crippen LogP contribution >= 0.6 is 0 Å². The number of carboxylic acid groups (broad SMARTS) is 1. The minimum Gasteiger partial charge on any atom is -0.496 e. The third kappa shape index (κ3) is 1.79. The van der Waals surface area contributed by atoms with Crippen molar-refractivity contribution in [2.45, 2.75) is 0 Å². The molecule has 0 aliphatic rings. The van der Waals surface area contributed by atoms with Gasteiger partial charge in [-0.25, -0.2) is 4.79 Å². The zero-order valence-corrected chi connectivity index (χ0v) is 7.07. The Balaban J connectivity index is 3.25. The summed E-state index contributed by atoms with van der Waals surface area (Å²) in [4.78, 5) is 10.6. The lowest BCUT2D eigenvalue weighted by Crippen LogP contribution is -2.00. The molecule has 0 aliphatic carbocycles. The Morgan fingerprint density at radius 1 is 1.62 bits per heavy atom. The van der Waals surface area contributed by atoms with E-state index in [-0.39, 0.29) is 11.3 Å². The summed E-state index contributed by atoms with van der Waals surface area (Å²) in [5.74, 6) is 1.65. The number of carbonyl (C=O) groups is 1. The number of benzene rings is 1. The first kappa shape index (κ1) is 9.14. The van der Waals surface area contributed by atoms with E-state index in [9.17, 15) is 4.79 Å². The topological polar surface area (TPSA) is 46.5 Å². The highest BCUT2D eigenvalue weighted by molar-refractivity contribution is 5.91. The summed E-state index contributed by atoms with van der Waals surface area (Å²) in [6, 6.07) is 4.51. The van der Waals surface area contributed by atoms with Gasteiger partial charge in [0.2, 0.25) is 0 Å². The predicted molar refractivity (Wildman–Crippen MR) is 47.9 cm³/mol. The summed E-state index contributed by atoms with van der Waals surface area (Å²) in [6.07, 6.45) is 5.15. The molecule has 0 saturated carbocycles. The Kier molecular flexibility index (Phi) is 2.56. The summed E-state index contributed by atoms with van der Waals surface area (Å²) in [5.41, 5.74) is 0.711. The van der Waals surface area contributed by atoms with Gasteiger partial charge >= 0.3 is 5.97 Å². The maximum Gasteiger partial charge on any atom is 0.339 e. The van der Waals surface area contributed by atoms with E-state index in [4.69, 9.17) is 16.3 Å². The van der Waals surface area contributed by atoms with Gasteiger partial charge in [-0.05, 0) is 18.2 Å². The largest absolute Gasteiger partial charge is 0.496 e. The smallest absolute Gasteiger partial charge is 0.339 e. The monoisotopic (exact) mass is 176 g/mol. The van der Waals surface area contributed by atoms with E-state index < -0.39 is 5.97 Å². The number of methoxy groups -OCH3 is 1. The highest BCUT2D eigenvalue weighted by atomic mass is 16.5. The summed E-state index contributed by atoms with van der Waals surface area (Å²) < 4.78 is 4.87. The van der Waals surface area contributed by atoms with E-state index >= 15 is 0 Å². The van der Waals surface area contributed by atoms with Gasteiger partial charge in [0.15, 0.2) is 0 Å². The molecule has 0 aliphatic heterocycles. The molecule has 0 aromatic heterocycles. The van der Waals surface area contributed by atoms with Gasteiger partial charge < -0.3 is 9.84 Å². The van der Waals surface area contributed by atoms with Crippen LogP contribution in [-0.4, -0.2) is 18.2 Å². The van der Waals surface area contributed by atoms with Crippen LogP contribution in [0.25, 0.3) is 0 Å². The molecule has 0 bridgehead atoms. The van der Waals surface area contributed by atoms with Crippen LogP contribution in [-0.2, 0) is 0 Å². The van der Waals surface area contributed by atoms with Gasteiger partial charge in [-0.15, -0.1) is 6.42 Å². The molecule has 0 heterocycles. The van der Waals surface area contributed by atoms with Gasteiger partial charge in [0.05, 0.1) is 7.11 Å². The van der Waals surface area contributed by atoms with Gasteiger partial charge in [0.1, 0.15) is 11.3 Å². The van der Waals surface area contributed by atoms with E-state index in [0.29, 0.717) is 5.56 Å². The van der Waals surface area contributed by atoms with Crippen molar-refractivity contribution in [3.05, 3.63) is 29.3 Å². The third-order valence-corrected chi connectivity index (χ3v) is 1.60. The molecular formula is C10H8O3. The number of hydrogen-bond donors (Lipinski definition) is 1. The van der Waals surface area contributed by atoms with Crippen LogP contribution in [0.5, 0.6) is 5.75 Å². The van der Waals surface area contributed by atoms with Crippen LogP contribution in [0.1, 0.15) is 15.9 Å². The van der Waals surface area contributed by atoms with Crippen molar-refractivity contribution in [3.63, 3.8) is 0 Å². The number of carboxylic acids is 1. The fourth-order valence-corrected chi connectivity index (χ4v) is 0.958. The van der Waals surface area contributed by atoms with Crippen LogP contribution in [0.4, 0.5) is 0 Å². The molecule has 0 atom stereocenters. The lowest BCUT2D eigenvalue weighted by molar-refractivity contribution is 0.0693. The second-order valence-corrected chi connectivity index (χ2v) is 2.36. The highest BCUT2D eigenvalue weighted by Gasteiger charge is 2.09. The molecule has 0 saturated heterocycles. The van der Waals surface area contributed by atoms with E-state index in [1.54, 1.807) is 6.07 Å².